The van der Waals surface area contributed by atoms with Crippen molar-refractivity contribution in [1.29, 1.82) is 0 Å². The van der Waals surface area contributed by atoms with Gasteiger partial charge in [-0.1, -0.05) is 13.8 Å². The van der Waals surface area contributed by atoms with Crippen molar-refractivity contribution in [2.45, 2.75) is 39.5 Å². The maximum atomic E-state index is 4.46. The standard InChI is InChI=1S/C15H30N4.HI/c1-4-15(5-2)7-11-19(13-15)14(16-3)17-8-12-18-9-6-10-18;/h4-13H2,1-3H3,(H,16,17);1H. The molecule has 0 aromatic carbocycles. The Hall–Kier alpha value is -0.0400. The third-order valence-electron chi connectivity index (χ3n) is 5.11. The summed E-state index contributed by atoms with van der Waals surface area (Å²) in [6.07, 6.45) is 5.25. The summed E-state index contributed by atoms with van der Waals surface area (Å²) in [6, 6.07) is 0. The number of halogens is 1. The summed E-state index contributed by atoms with van der Waals surface area (Å²) >= 11 is 0. The van der Waals surface area contributed by atoms with Crippen LogP contribution in [0, 0.1) is 5.41 Å². The van der Waals surface area contributed by atoms with E-state index in [2.05, 4.69) is 34.0 Å². The molecule has 0 spiro atoms. The minimum absolute atomic E-state index is 0. The van der Waals surface area contributed by atoms with Gasteiger partial charge in [0.1, 0.15) is 0 Å². The van der Waals surface area contributed by atoms with Crippen LogP contribution >= 0.6 is 24.0 Å². The molecule has 20 heavy (non-hydrogen) atoms. The molecule has 2 aliphatic heterocycles. The predicted octanol–water partition coefficient (Wildman–Crippen LogP) is 2.40. The Bertz CT molecular complexity index is 311. The van der Waals surface area contributed by atoms with Crippen molar-refractivity contribution in [3.8, 4) is 0 Å². The maximum Gasteiger partial charge on any atom is 0.193 e. The molecule has 0 radical (unpaired) electrons. The van der Waals surface area contributed by atoms with E-state index >= 15 is 0 Å². The molecule has 1 N–H and O–H groups in total. The minimum atomic E-state index is 0. The van der Waals surface area contributed by atoms with E-state index < -0.39 is 0 Å². The third-order valence-corrected chi connectivity index (χ3v) is 5.11. The molecular formula is C15H31IN4. The number of likely N-dealkylation sites (tertiary alicyclic amines) is 2. The Balaban J connectivity index is 0.00000200. The summed E-state index contributed by atoms with van der Waals surface area (Å²) in [4.78, 5) is 9.40. The van der Waals surface area contributed by atoms with E-state index in [0.717, 1.165) is 25.6 Å². The SMILES string of the molecule is CCC1(CC)CCN(C(=NC)NCCN2CCC2)C1.I. The first-order valence-corrected chi connectivity index (χ1v) is 7.91. The quantitative estimate of drug-likeness (QED) is 0.442. The largest absolute Gasteiger partial charge is 0.355 e. The predicted molar refractivity (Wildman–Crippen MR) is 97.0 cm³/mol. The molecule has 0 atom stereocenters. The van der Waals surface area contributed by atoms with Gasteiger partial charge in [0, 0.05) is 33.2 Å². The molecule has 118 valence electrons. The molecule has 2 aliphatic rings. The number of hydrogen-bond donors (Lipinski definition) is 1. The number of guanidine groups is 1. The fourth-order valence-corrected chi connectivity index (χ4v) is 3.21. The Labute approximate surface area is 141 Å². The van der Waals surface area contributed by atoms with Crippen LogP contribution in [0.25, 0.3) is 0 Å². The molecule has 0 unspecified atom stereocenters. The van der Waals surface area contributed by atoms with Crippen LogP contribution in [-0.2, 0) is 0 Å². The summed E-state index contributed by atoms with van der Waals surface area (Å²) < 4.78 is 0. The van der Waals surface area contributed by atoms with Gasteiger partial charge < -0.3 is 15.1 Å². The zero-order chi connectivity index (χ0) is 13.7. The number of nitrogens with zero attached hydrogens (tertiary/aromatic N) is 3. The van der Waals surface area contributed by atoms with E-state index in [1.807, 2.05) is 7.05 Å². The molecular weight excluding hydrogens is 363 g/mol. The molecule has 0 saturated carbocycles. The van der Waals surface area contributed by atoms with Gasteiger partial charge in [-0.05, 0) is 44.2 Å². The van der Waals surface area contributed by atoms with Crippen LogP contribution in [-0.4, -0.2) is 62.1 Å². The van der Waals surface area contributed by atoms with Gasteiger partial charge in [-0.25, -0.2) is 0 Å². The smallest absolute Gasteiger partial charge is 0.193 e. The number of hydrogen-bond acceptors (Lipinski definition) is 2. The van der Waals surface area contributed by atoms with Crippen LogP contribution in [0.4, 0.5) is 0 Å². The Morgan fingerprint density at radius 2 is 1.90 bits per heavy atom. The Kier molecular flexibility index (Phi) is 7.58. The van der Waals surface area contributed by atoms with Crippen molar-refractivity contribution in [2.75, 3.05) is 46.3 Å². The first-order valence-electron chi connectivity index (χ1n) is 7.91. The Morgan fingerprint density at radius 1 is 1.20 bits per heavy atom. The highest BCUT2D eigenvalue weighted by atomic mass is 127. The second kappa shape index (κ2) is 8.41. The number of aliphatic imine (C=N–C) groups is 1. The second-order valence-corrected chi connectivity index (χ2v) is 6.05. The van der Waals surface area contributed by atoms with E-state index in [9.17, 15) is 0 Å². The lowest BCUT2D eigenvalue weighted by molar-refractivity contribution is 0.184. The molecule has 2 heterocycles. The maximum absolute atomic E-state index is 4.46. The Morgan fingerprint density at radius 3 is 2.35 bits per heavy atom. The van der Waals surface area contributed by atoms with Gasteiger partial charge in [0.05, 0.1) is 0 Å². The summed E-state index contributed by atoms with van der Waals surface area (Å²) in [7, 11) is 1.91. The van der Waals surface area contributed by atoms with Crippen molar-refractivity contribution in [1.82, 2.24) is 15.1 Å². The van der Waals surface area contributed by atoms with Gasteiger partial charge in [0.25, 0.3) is 0 Å². The first-order chi connectivity index (χ1) is 9.23. The van der Waals surface area contributed by atoms with Crippen molar-refractivity contribution in [3.05, 3.63) is 0 Å². The van der Waals surface area contributed by atoms with Gasteiger partial charge in [-0.3, -0.25) is 4.99 Å². The van der Waals surface area contributed by atoms with Crippen LogP contribution < -0.4 is 5.32 Å². The molecule has 0 amide bonds. The van der Waals surface area contributed by atoms with Crippen molar-refractivity contribution in [2.24, 2.45) is 10.4 Å². The van der Waals surface area contributed by atoms with Gasteiger partial charge in [-0.15, -0.1) is 24.0 Å². The van der Waals surface area contributed by atoms with Crippen LogP contribution in [0.1, 0.15) is 39.5 Å². The molecule has 4 nitrogen and oxygen atoms in total. The van der Waals surface area contributed by atoms with Crippen molar-refractivity contribution in [3.63, 3.8) is 0 Å². The summed E-state index contributed by atoms with van der Waals surface area (Å²) in [5, 5.41) is 3.53. The molecule has 0 aromatic heterocycles. The van der Waals surface area contributed by atoms with Crippen LogP contribution in [0.3, 0.4) is 0 Å². The average molecular weight is 394 g/mol. The van der Waals surface area contributed by atoms with Crippen LogP contribution in [0.2, 0.25) is 0 Å². The fraction of sp³-hybridized carbons (Fsp3) is 0.933. The summed E-state index contributed by atoms with van der Waals surface area (Å²) in [6.45, 7) is 11.7. The number of rotatable bonds is 5. The van der Waals surface area contributed by atoms with E-state index in [1.54, 1.807) is 0 Å². The molecule has 0 aliphatic carbocycles. The van der Waals surface area contributed by atoms with Gasteiger partial charge in [-0.2, -0.15) is 0 Å². The fourth-order valence-electron chi connectivity index (χ4n) is 3.21. The topological polar surface area (TPSA) is 30.9 Å². The normalized spacial score (nSPS) is 22.4. The summed E-state index contributed by atoms with van der Waals surface area (Å²) in [5.74, 6) is 1.10. The van der Waals surface area contributed by atoms with Gasteiger partial charge >= 0.3 is 0 Å². The van der Waals surface area contributed by atoms with Gasteiger partial charge in [0.2, 0.25) is 0 Å². The monoisotopic (exact) mass is 394 g/mol. The molecule has 5 heteroatoms. The lowest BCUT2D eigenvalue weighted by Gasteiger charge is -2.32. The lowest BCUT2D eigenvalue weighted by Crippen LogP contribution is -2.46. The van der Waals surface area contributed by atoms with E-state index in [4.69, 9.17) is 0 Å². The lowest BCUT2D eigenvalue weighted by atomic mass is 9.82. The van der Waals surface area contributed by atoms with E-state index in [-0.39, 0.29) is 24.0 Å². The summed E-state index contributed by atoms with van der Waals surface area (Å²) in [5.41, 5.74) is 0.523. The highest BCUT2D eigenvalue weighted by Gasteiger charge is 2.36. The third kappa shape index (κ3) is 4.23. The highest BCUT2D eigenvalue weighted by Crippen LogP contribution is 2.36. The van der Waals surface area contributed by atoms with E-state index in [0.29, 0.717) is 5.41 Å². The van der Waals surface area contributed by atoms with Crippen molar-refractivity contribution < 1.29 is 0 Å². The van der Waals surface area contributed by atoms with Gasteiger partial charge in [0.15, 0.2) is 5.96 Å². The molecule has 0 aromatic rings. The van der Waals surface area contributed by atoms with Crippen molar-refractivity contribution >= 4 is 29.9 Å². The zero-order valence-corrected chi connectivity index (χ0v) is 15.7. The van der Waals surface area contributed by atoms with Crippen LogP contribution in [0.15, 0.2) is 4.99 Å². The highest BCUT2D eigenvalue weighted by molar-refractivity contribution is 14.0. The van der Waals surface area contributed by atoms with E-state index in [1.165, 1.54) is 45.3 Å². The second-order valence-electron chi connectivity index (χ2n) is 6.05. The molecule has 0 bridgehead atoms. The molecule has 2 saturated heterocycles. The molecule has 2 rings (SSSR count). The number of nitrogens with one attached hydrogen (secondary N) is 1. The minimum Gasteiger partial charge on any atom is -0.355 e. The van der Waals surface area contributed by atoms with Crippen LogP contribution in [0.5, 0.6) is 0 Å². The first kappa shape index (κ1) is 18.0. The average Bonchev–Trinajstić information content (AvgIpc) is 2.82. The molecule has 2 fully saturated rings. The zero-order valence-electron chi connectivity index (χ0n) is 13.3.